The summed E-state index contributed by atoms with van der Waals surface area (Å²) in [5.41, 5.74) is 1.65. The van der Waals surface area contributed by atoms with Crippen LogP contribution in [0.3, 0.4) is 0 Å². The van der Waals surface area contributed by atoms with Crippen LogP contribution in [0.25, 0.3) is 11.1 Å². The first-order valence-corrected chi connectivity index (χ1v) is 9.31. The number of rotatable bonds is 1. The van der Waals surface area contributed by atoms with Crippen molar-refractivity contribution in [2.75, 3.05) is 0 Å². The number of pyridine rings is 1. The summed E-state index contributed by atoms with van der Waals surface area (Å²) in [6.45, 7) is 6.68. The van der Waals surface area contributed by atoms with Gasteiger partial charge in [0.2, 0.25) is 0 Å². The summed E-state index contributed by atoms with van der Waals surface area (Å²) < 4.78 is 6.45. The Kier molecular flexibility index (Phi) is 2.69. The highest BCUT2D eigenvalue weighted by Crippen LogP contribution is 2.28. The third kappa shape index (κ3) is 1.86. The molecule has 15 heavy (non-hydrogen) atoms. The number of halogens is 2. The standard InChI is InChI=1S/C10H11BrClNOSi/c1-15(2,3)9-7-8(14-10(9)12)6(11)4-5-13-7/h4-5H,1-3H3. The molecule has 0 saturated heterocycles. The maximum absolute atomic E-state index is 6.13. The molecule has 2 nitrogen and oxygen atoms in total. The Morgan fingerprint density at radius 1 is 1.40 bits per heavy atom. The number of furan rings is 1. The zero-order chi connectivity index (χ0) is 11.2. The van der Waals surface area contributed by atoms with E-state index in [0.717, 1.165) is 20.8 Å². The maximum Gasteiger partial charge on any atom is 0.195 e. The molecule has 0 amide bonds. The van der Waals surface area contributed by atoms with Crippen LogP contribution in [0, 0.1) is 0 Å². The molecule has 80 valence electrons. The first kappa shape index (κ1) is 11.2. The molecule has 2 aromatic rings. The minimum Gasteiger partial charge on any atom is -0.442 e. The lowest BCUT2D eigenvalue weighted by Crippen LogP contribution is -2.38. The minimum atomic E-state index is -1.52. The molecule has 0 bridgehead atoms. The van der Waals surface area contributed by atoms with E-state index in [2.05, 4.69) is 40.6 Å². The molecule has 2 rings (SSSR count). The van der Waals surface area contributed by atoms with E-state index in [4.69, 9.17) is 16.0 Å². The van der Waals surface area contributed by atoms with E-state index in [1.807, 2.05) is 6.07 Å². The van der Waals surface area contributed by atoms with E-state index in [9.17, 15) is 0 Å². The van der Waals surface area contributed by atoms with Gasteiger partial charge in [0.25, 0.3) is 0 Å². The number of nitrogens with zero attached hydrogens (tertiary/aromatic N) is 1. The average Bonchev–Trinajstić information content (AvgIpc) is 2.41. The van der Waals surface area contributed by atoms with Crippen molar-refractivity contribution in [1.29, 1.82) is 0 Å². The van der Waals surface area contributed by atoms with Gasteiger partial charge in [0.15, 0.2) is 10.8 Å². The summed E-state index contributed by atoms with van der Waals surface area (Å²) in [5, 5.41) is 1.59. The normalized spacial score (nSPS) is 12.3. The molecule has 0 N–H and O–H groups in total. The van der Waals surface area contributed by atoms with E-state index in [-0.39, 0.29) is 0 Å². The monoisotopic (exact) mass is 303 g/mol. The van der Waals surface area contributed by atoms with E-state index in [0.29, 0.717) is 5.22 Å². The Morgan fingerprint density at radius 2 is 2.07 bits per heavy atom. The SMILES string of the molecule is C[Si](C)(C)c1c(Cl)oc2c(Br)ccnc12. The van der Waals surface area contributed by atoms with Gasteiger partial charge in [-0.05, 0) is 33.6 Å². The van der Waals surface area contributed by atoms with Gasteiger partial charge in [-0.25, -0.2) is 0 Å². The fraction of sp³-hybridized carbons (Fsp3) is 0.300. The zero-order valence-corrected chi connectivity index (χ0v) is 12.1. The smallest absolute Gasteiger partial charge is 0.195 e. The topological polar surface area (TPSA) is 26.0 Å². The molecule has 0 fully saturated rings. The van der Waals surface area contributed by atoms with E-state index < -0.39 is 8.07 Å². The molecule has 0 saturated carbocycles. The van der Waals surface area contributed by atoms with Gasteiger partial charge in [-0.3, -0.25) is 4.98 Å². The number of hydrogen-bond donors (Lipinski definition) is 0. The molecule has 2 aromatic heterocycles. The summed E-state index contributed by atoms with van der Waals surface area (Å²) in [7, 11) is -1.52. The van der Waals surface area contributed by atoms with Gasteiger partial charge in [0.05, 0.1) is 12.5 Å². The van der Waals surface area contributed by atoms with Gasteiger partial charge in [0.1, 0.15) is 5.52 Å². The largest absolute Gasteiger partial charge is 0.442 e. The fourth-order valence-corrected chi connectivity index (χ4v) is 4.52. The van der Waals surface area contributed by atoms with Crippen molar-refractivity contribution >= 4 is 51.9 Å². The highest BCUT2D eigenvalue weighted by atomic mass is 79.9. The Bertz CT molecular complexity index is 518. The zero-order valence-electron chi connectivity index (χ0n) is 8.77. The predicted molar refractivity (Wildman–Crippen MR) is 69.7 cm³/mol. The lowest BCUT2D eigenvalue weighted by Gasteiger charge is -2.13. The lowest BCUT2D eigenvalue weighted by molar-refractivity contribution is 0.617. The van der Waals surface area contributed by atoms with Crippen molar-refractivity contribution in [1.82, 2.24) is 4.98 Å². The summed E-state index contributed by atoms with van der Waals surface area (Å²) in [6, 6.07) is 1.86. The second kappa shape index (κ2) is 3.61. The summed E-state index contributed by atoms with van der Waals surface area (Å²) in [4.78, 5) is 4.36. The average molecular weight is 305 g/mol. The van der Waals surface area contributed by atoms with Crippen molar-refractivity contribution in [3.8, 4) is 0 Å². The van der Waals surface area contributed by atoms with Crippen molar-refractivity contribution in [3.63, 3.8) is 0 Å². The molecule has 0 radical (unpaired) electrons. The quantitative estimate of drug-likeness (QED) is 0.749. The molecular weight excluding hydrogens is 294 g/mol. The number of aromatic nitrogens is 1. The molecule has 0 spiro atoms. The van der Waals surface area contributed by atoms with Crippen molar-refractivity contribution in [2.45, 2.75) is 19.6 Å². The highest BCUT2D eigenvalue weighted by Gasteiger charge is 2.27. The second-order valence-electron chi connectivity index (χ2n) is 4.47. The summed E-state index contributed by atoms with van der Waals surface area (Å²) in [5.74, 6) is 0. The van der Waals surface area contributed by atoms with Crippen LogP contribution >= 0.6 is 27.5 Å². The predicted octanol–water partition coefficient (Wildman–Crippen LogP) is 3.79. The number of fused-ring (bicyclic) bond motifs is 1. The molecular formula is C10H11BrClNOSi. The Hall–Kier alpha value is -0.323. The highest BCUT2D eigenvalue weighted by molar-refractivity contribution is 9.10. The van der Waals surface area contributed by atoms with Crippen LogP contribution in [0.1, 0.15) is 0 Å². The van der Waals surface area contributed by atoms with Crippen LogP contribution in [0.5, 0.6) is 0 Å². The van der Waals surface area contributed by atoms with Gasteiger partial charge in [0, 0.05) is 11.4 Å². The van der Waals surface area contributed by atoms with Gasteiger partial charge in [-0.15, -0.1) is 0 Å². The molecule has 0 atom stereocenters. The minimum absolute atomic E-state index is 0.489. The van der Waals surface area contributed by atoms with E-state index in [1.165, 1.54) is 0 Å². The lowest BCUT2D eigenvalue weighted by atomic mass is 10.4. The third-order valence-electron chi connectivity index (χ3n) is 2.23. The number of hydrogen-bond acceptors (Lipinski definition) is 2. The van der Waals surface area contributed by atoms with Crippen molar-refractivity contribution in [2.24, 2.45) is 0 Å². The second-order valence-corrected chi connectivity index (χ2v) is 10.7. The van der Waals surface area contributed by atoms with Gasteiger partial charge < -0.3 is 4.42 Å². The Labute approximate surface area is 103 Å². The molecule has 0 unspecified atom stereocenters. The van der Waals surface area contributed by atoms with Crippen molar-refractivity contribution < 1.29 is 4.42 Å². The Morgan fingerprint density at radius 3 is 2.67 bits per heavy atom. The molecule has 0 aliphatic rings. The molecule has 0 aliphatic carbocycles. The van der Waals surface area contributed by atoms with E-state index in [1.54, 1.807) is 6.20 Å². The van der Waals surface area contributed by atoms with Gasteiger partial charge >= 0.3 is 0 Å². The van der Waals surface area contributed by atoms with Crippen LogP contribution < -0.4 is 5.19 Å². The van der Waals surface area contributed by atoms with Crippen LogP contribution in [0.15, 0.2) is 21.2 Å². The fourth-order valence-electron chi connectivity index (χ4n) is 1.58. The summed E-state index contributed by atoms with van der Waals surface area (Å²) in [6.07, 6.45) is 1.77. The van der Waals surface area contributed by atoms with Crippen LogP contribution in [0.4, 0.5) is 0 Å². The molecule has 5 heteroatoms. The van der Waals surface area contributed by atoms with Crippen molar-refractivity contribution in [3.05, 3.63) is 22.0 Å². The van der Waals surface area contributed by atoms with Crippen LogP contribution in [0.2, 0.25) is 24.9 Å². The molecule has 0 aliphatic heterocycles. The van der Waals surface area contributed by atoms with Gasteiger partial charge in [-0.2, -0.15) is 0 Å². The van der Waals surface area contributed by atoms with E-state index >= 15 is 0 Å². The van der Waals surface area contributed by atoms with Crippen LogP contribution in [-0.4, -0.2) is 13.1 Å². The Balaban J connectivity index is 2.86. The van der Waals surface area contributed by atoms with Crippen LogP contribution in [-0.2, 0) is 0 Å². The third-order valence-corrected chi connectivity index (χ3v) is 5.24. The molecule has 2 heterocycles. The maximum atomic E-state index is 6.13. The summed E-state index contributed by atoms with van der Waals surface area (Å²) >= 11 is 9.57. The van der Waals surface area contributed by atoms with Gasteiger partial charge in [-0.1, -0.05) is 19.6 Å². The first-order valence-electron chi connectivity index (χ1n) is 4.64. The molecule has 0 aromatic carbocycles. The first-order chi connectivity index (χ1) is 6.91.